The largest absolute Gasteiger partial charge is 0.550 e. The van der Waals surface area contributed by atoms with E-state index in [1.807, 2.05) is 0 Å². The summed E-state index contributed by atoms with van der Waals surface area (Å²) in [6, 6.07) is 0. The van der Waals surface area contributed by atoms with Crippen LogP contribution >= 0.6 is 0 Å². The molecule has 0 fully saturated rings. The minimum atomic E-state index is -1.08. The molecule has 0 aliphatic rings. The molecule has 0 radical (unpaired) electrons. The molecular weight excluding hydrogens is 204 g/mol. The fraction of sp³-hybridized carbons (Fsp3) is 0.778. The molecule has 15 heavy (non-hydrogen) atoms. The van der Waals surface area contributed by atoms with Crippen molar-refractivity contribution in [2.45, 2.75) is 27.7 Å². The van der Waals surface area contributed by atoms with Crippen molar-refractivity contribution in [1.29, 1.82) is 0 Å². The maximum atomic E-state index is 9.91. The number of carboxylic acid groups (broad SMARTS) is 2. The fourth-order valence-corrected chi connectivity index (χ4v) is 0. The van der Waals surface area contributed by atoms with Gasteiger partial charge in [-0.25, -0.2) is 0 Å². The number of aliphatic hydroxyl groups is 2. The summed E-state index contributed by atoms with van der Waals surface area (Å²) in [5.74, 6) is -2.09. The van der Waals surface area contributed by atoms with Crippen LogP contribution in [0.1, 0.15) is 27.7 Å². The standard InChI is InChI=1S/C5H10O2.C2H4O2.C2H6O2/c1-5(2,3)4(6)7;1-2(3)4;3-1-2-4/h1-3H3,(H,6,7);1H3,(H,3,4);3-4H,1-2H2/p-2. The second-order valence-electron chi connectivity index (χ2n) is 3.48. The molecule has 0 heterocycles. The highest BCUT2D eigenvalue weighted by atomic mass is 16.4. The van der Waals surface area contributed by atoms with Crippen molar-refractivity contribution in [3.8, 4) is 0 Å². The third kappa shape index (κ3) is 44.2. The van der Waals surface area contributed by atoms with E-state index < -0.39 is 17.4 Å². The van der Waals surface area contributed by atoms with Crippen LogP contribution < -0.4 is 10.2 Å². The molecule has 0 saturated heterocycles. The average Bonchev–Trinajstić information content (AvgIpc) is 2.02. The lowest BCUT2D eigenvalue weighted by Gasteiger charge is -2.18. The van der Waals surface area contributed by atoms with Crippen LogP contribution in [0.4, 0.5) is 0 Å². The first kappa shape index (κ1) is 19.4. The van der Waals surface area contributed by atoms with Gasteiger partial charge < -0.3 is 30.0 Å². The molecule has 92 valence electrons. The Morgan fingerprint density at radius 2 is 1.20 bits per heavy atom. The molecular formula is C9H18O6-2. The van der Waals surface area contributed by atoms with Gasteiger partial charge in [0.05, 0.1) is 13.2 Å². The first-order valence-corrected chi connectivity index (χ1v) is 4.20. The van der Waals surface area contributed by atoms with Gasteiger partial charge in [0.2, 0.25) is 0 Å². The molecule has 0 atom stereocenters. The highest BCUT2D eigenvalue weighted by molar-refractivity contribution is 5.70. The SMILES string of the molecule is CC(=O)[O-].CC(C)(C)C(=O)[O-].OCCO. The van der Waals surface area contributed by atoms with Gasteiger partial charge in [0.25, 0.3) is 0 Å². The third-order valence-electron chi connectivity index (χ3n) is 0.712. The van der Waals surface area contributed by atoms with E-state index in [1.165, 1.54) is 0 Å². The summed E-state index contributed by atoms with van der Waals surface area (Å²) in [6.07, 6.45) is 0. The summed E-state index contributed by atoms with van der Waals surface area (Å²) in [5.41, 5.74) is -0.694. The monoisotopic (exact) mass is 222 g/mol. The van der Waals surface area contributed by atoms with Crippen LogP contribution in [0.25, 0.3) is 0 Å². The summed E-state index contributed by atoms with van der Waals surface area (Å²) in [5, 5.41) is 34.0. The summed E-state index contributed by atoms with van der Waals surface area (Å²) in [7, 11) is 0. The summed E-state index contributed by atoms with van der Waals surface area (Å²) < 4.78 is 0. The van der Waals surface area contributed by atoms with Crippen molar-refractivity contribution in [3.05, 3.63) is 0 Å². The molecule has 0 rings (SSSR count). The van der Waals surface area contributed by atoms with Crippen LogP contribution in [0.2, 0.25) is 0 Å². The van der Waals surface area contributed by atoms with Gasteiger partial charge in [0.15, 0.2) is 0 Å². The third-order valence-corrected chi connectivity index (χ3v) is 0.712. The molecule has 0 aromatic heterocycles. The maximum absolute atomic E-state index is 9.91. The number of carbonyl (C=O) groups is 2. The molecule has 0 spiro atoms. The van der Waals surface area contributed by atoms with E-state index in [2.05, 4.69) is 0 Å². The van der Waals surface area contributed by atoms with Crippen molar-refractivity contribution in [2.24, 2.45) is 5.41 Å². The summed E-state index contributed by atoms with van der Waals surface area (Å²) in [6.45, 7) is 5.52. The molecule has 0 aliphatic carbocycles. The predicted molar refractivity (Wildman–Crippen MR) is 49.3 cm³/mol. The molecule has 0 aliphatic heterocycles. The topological polar surface area (TPSA) is 121 Å². The van der Waals surface area contributed by atoms with Gasteiger partial charge in [-0.3, -0.25) is 0 Å². The van der Waals surface area contributed by atoms with Gasteiger partial charge in [0.1, 0.15) is 0 Å². The minimum Gasteiger partial charge on any atom is -0.550 e. The number of carboxylic acids is 2. The van der Waals surface area contributed by atoms with E-state index in [9.17, 15) is 9.90 Å². The van der Waals surface area contributed by atoms with Gasteiger partial charge >= 0.3 is 0 Å². The summed E-state index contributed by atoms with van der Waals surface area (Å²) >= 11 is 0. The zero-order chi connectivity index (χ0) is 13.1. The smallest absolute Gasteiger partial charge is 0.0662 e. The Kier molecular flexibility index (Phi) is 14.2. The Bertz CT molecular complexity index is 164. The molecule has 0 aromatic rings. The Labute approximate surface area is 89.2 Å². The van der Waals surface area contributed by atoms with Crippen LogP contribution in [0, 0.1) is 5.41 Å². The molecule has 6 nitrogen and oxygen atoms in total. The highest BCUT2D eigenvalue weighted by Crippen LogP contribution is 2.09. The van der Waals surface area contributed by atoms with E-state index in [1.54, 1.807) is 20.8 Å². The normalized spacial score (nSPS) is 8.93. The lowest BCUT2D eigenvalue weighted by atomic mass is 9.98. The van der Waals surface area contributed by atoms with Crippen LogP contribution in [0.5, 0.6) is 0 Å². The molecule has 2 N–H and O–H groups in total. The fourth-order valence-electron chi connectivity index (χ4n) is 0. The number of hydrogen-bond donors (Lipinski definition) is 2. The minimum absolute atomic E-state index is 0.125. The van der Waals surface area contributed by atoms with E-state index >= 15 is 0 Å². The van der Waals surface area contributed by atoms with Crippen LogP contribution in [-0.2, 0) is 9.59 Å². The number of hydrogen-bond acceptors (Lipinski definition) is 6. The van der Waals surface area contributed by atoms with Gasteiger partial charge in [0, 0.05) is 17.4 Å². The second kappa shape index (κ2) is 10.9. The number of rotatable bonds is 1. The molecule has 0 amide bonds. The zero-order valence-electron chi connectivity index (χ0n) is 9.44. The molecule has 0 unspecified atom stereocenters. The quantitative estimate of drug-likeness (QED) is 0.506. The van der Waals surface area contributed by atoms with Gasteiger partial charge in [-0.1, -0.05) is 20.8 Å². The van der Waals surface area contributed by atoms with E-state index in [0.717, 1.165) is 6.92 Å². The summed E-state index contributed by atoms with van der Waals surface area (Å²) in [4.78, 5) is 18.8. The van der Waals surface area contributed by atoms with E-state index in [4.69, 9.17) is 20.1 Å². The van der Waals surface area contributed by atoms with Crippen molar-refractivity contribution < 1.29 is 30.0 Å². The lowest BCUT2D eigenvalue weighted by molar-refractivity contribution is -0.316. The lowest BCUT2D eigenvalue weighted by Crippen LogP contribution is -2.35. The first-order valence-electron chi connectivity index (χ1n) is 4.20. The molecule has 0 saturated carbocycles. The Morgan fingerprint density at radius 3 is 1.20 bits per heavy atom. The van der Waals surface area contributed by atoms with E-state index in [0.29, 0.717) is 0 Å². The van der Waals surface area contributed by atoms with Crippen LogP contribution in [0.15, 0.2) is 0 Å². The Hall–Kier alpha value is -1.14. The molecule has 0 bridgehead atoms. The average molecular weight is 222 g/mol. The van der Waals surface area contributed by atoms with Gasteiger partial charge in [-0.15, -0.1) is 0 Å². The zero-order valence-corrected chi connectivity index (χ0v) is 9.44. The van der Waals surface area contributed by atoms with Crippen molar-refractivity contribution in [2.75, 3.05) is 13.2 Å². The number of aliphatic hydroxyl groups excluding tert-OH is 2. The van der Waals surface area contributed by atoms with Crippen LogP contribution in [0.3, 0.4) is 0 Å². The number of carbonyl (C=O) groups excluding carboxylic acids is 2. The second-order valence-corrected chi connectivity index (χ2v) is 3.48. The molecule has 0 aromatic carbocycles. The number of aliphatic carboxylic acids is 2. The van der Waals surface area contributed by atoms with E-state index in [-0.39, 0.29) is 13.2 Å². The van der Waals surface area contributed by atoms with Crippen molar-refractivity contribution >= 4 is 11.9 Å². The Balaban J connectivity index is -0.000000155. The first-order chi connectivity index (χ1) is 6.59. The van der Waals surface area contributed by atoms with Crippen molar-refractivity contribution in [3.63, 3.8) is 0 Å². The van der Waals surface area contributed by atoms with Crippen molar-refractivity contribution in [1.82, 2.24) is 0 Å². The Morgan fingerprint density at radius 1 is 1.07 bits per heavy atom. The molecule has 6 heteroatoms. The van der Waals surface area contributed by atoms with Gasteiger partial charge in [-0.2, -0.15) is 0 Å². The predicted octanol–water partition coefficient (Wildman–Crippen LogP) is -2.49. The highest BCUT2D eigenvalue weighted by Gasteiger charge is 2.09. The van der Waals surface area contributed by atoms with Crippen LogP contribution in [-0.4, -0.2) is 35.4 Å². The van der Waals surface area contributed by atoms with Gasteiger partial charge in [-0.05, 0) is 6.92 Å². The maximum Gasteiger partial charge on any atom is 0.0662 e.